The van der Waals surface area contributed by atoms with Gasteiger partial charge in [-0.3, -0.25) is 4.79 Å². The Kier molecular flexibility index (Phi) is 7.67. The molecule has 0 bridgehead atoms. The Hall–Kier alpha value is -2.42. The summed E-state index contributed by atoms with van der Waals surface area (Å²) >= 11 is 0. The van der Waals surface area contributed by atoms with Crippen molar-refractivity contribution in [3.8, 4) is 0 Å². The van der Waals surface area contributed by atoms with Gasteiger partial charge in [-0.15, -0.1) is 0 Å². The van der Waals surface area contributed by atoms with Gasteiger partial charge in [0.05, 0.1) is 19.0 Å². The Labute approximate surface area is 196 Å². The van der Waals surface area contributed by atoms with Gasteiger partial charge >= 0.3 is 0 Å². The number of ether oxygens (including phenoxy) is 1. The highest BCUT2D eigenvalue weighted by Gasteiger charge is 2.31. The van der Waals surface area contributed by atoms with Crippen LogP contribution < -0.4 is 10.2 Å². The average molecular weight is 472 g/mol. The molecule has 33 heavy (non-hydrogen) atoms. The fourth-order valence-corrected chi connectivity index (χ4v) is 6.03. The van der Waals surface area contributed by atoms with Crippen molar-refractivity contribution in [2.24, 2.45) is 5.92 Å². The SMILES string of the molecule is Cc1cccc(CS(=O)(=O)N2CCC(C(=O)NCc3ccc(N4CCOCC4)cc3)CC2)c1. The number of sulfonamides is 1. The minimum atomic E-state index is -3.38. The molecule has 0 unspecified atom stereocenters. The molecular formula is C25H33N3O4S. The maximum absolute atomic E-state index is 12.8. The van der Waals surface area contributed by atoms with E-state index in [-0.39, 0.29) is 17.6 Å². The van der Waals surface area contributed by atoms with Crippen molar-refractivity contribution in [3.63, 3.8) is 0 Å². The number of amides is 1. The number of nitrogens with zero attached hydrogens (tertiary/aromatic N) is 2. The summed E-state index contributed by atoms with van der Waals surface area (Å²) in [5.41, 5.74) is 4.08. The second-order valence-corrected chi connectivity index (χ2v) is 10.9. The maximum Gasteiger partial charge on any atom is 0.223 e. The third kappa shape index (κ3) is 6.34. The minimum Gasteiger partial charge on any atom is -0.378 e. The Morgan fingerprint density at radius 2 is 1.70 bits per heavy atom. The summed E-state index contributed by atoms with van der Waals surface area (Å²) in [6.07, 6.45) is 1.10. The fraction of sp³-hybridized carbons (Fsp3) is 0.480. The van der Waals surface area contributed by atoms with Crippen LogP contribution in [0.5, 0.6) is 0 Å². The van der Waals surface area contributed by atoms with Crippen molar-refractivity contribution in [2.45, 2.75) is 32.1 Å². The van der Waals surface area contributed by atoms with Crippen LogP contribution in [0.25, 0.3) is 0 Å². The number of nitrogens with one attached hydrogen (secondary N) is 1. The van der Waals surface area contributed by atoms with Gasteiger partial charge in [-0.25, -0.2) is 12.7 Å². The lowest BCUT2D eigenvalue weighted by atomic mass is 9.97. The molecule has 0 radical (unpaired) electrons. The van der Waals surface area contributed by atoms with E-state index in [2.05, 4.69) is 22.3 Å². The van der Waals surface area contributed by atoms with Gasteiger partial charge < -0.3 is 15.0 Å². The molecule has 4 rings (SSSR count). The Bertz CT molecular complexity index is 1040. The summed E-state index contributed by atoms with van der Waals surface area (Å²) in [6, 6.07) is 15.9. The van der Waals surface area contributed by atoms with Crippen molar-refractivity contribution < 1.29 is 17.9 Å². The highest BCUT2D eigenvalue weighted by molar-refractivity contribution is 7.88. The van der Waals surface area contributed by atoms with E-state index < -0.39 is 10.0 Å². The summed E-state index contributed by atoms with van der Waals surface area (Å²) in [6.45, 7) is 6.52. The number of hydrogen-bond acceptors (Lipinski definition) is 5. The number of piperidine rings is 1. The van der Waals surface area contributed by atoms with Crippen LogP contribution in [0, 0.1) is 12.8 Å². The van der Waals surface area contributed by atoms with Crippen molar-refractivity contribution in [2.75, 3.05) is 44.3 Å². The number of benzene rings is 2. The lowest BCUT2D eigenvalue weighted by molar-refractivity contribution is -0.126. The monoisotopic (exact) mass is 471 g/mol. The quantitative estimate of drug-likeness (QED) is 0.672. The molecule has 2 aliphatic rings. The molecule has 1 amide bonds. The van der Waals surface area contributed by atoms with Crippen LogP contribution in [0.15, 0.2) is 48.5 Å². The number of morpholine rings is 1. The number of carbonyl (C=O) groups is 1. The summed E-state index contributed by atoms with van der Waals surface area (Å²) in [4.78, 5) is 15.0. The summed E-state index contributed by atoms with van der Waals surface area (Å²) < 4.78 is 32.5. The van der Waals surface area contributed by atoms with E-state index in [9.17, 15) is 13.2 Å². The number of carbonyl (C=O) groups excluding carboxylic acids is 1. The first-order valence-corrected chi connectivity index (χ1v) is 13.2. The molecule has 2 aromatic carbocycles. The molecule has 178 valence electrons. The fourth-order valence-electron chi connectivity index (χ4n) is 4.48. The number of hydrogen-bond donors (Lipinski definition) is 1. The van der Waals surface area contributed by atoms with Gasteiger partial charge in [-0.1, -0.05) is 42.0 Å². The molecule has 8 heteroatoms. The largest absolute Gasteiger partial charge is 0.378 e. The molecular weight excluding hydrogens is 438 g/mol. The second kappa shape index (κ2) is 10.7. The van der Waals surface area contributed by atoms with Gasteiger partial charge in [0.25, 0.3) is 0 Å². The van der Waals surface area contributed by atoms with Gasteiger partial charge in [0, 0.05) is 44.3 Å². The molecule has 0 aliphatic carbocycles. The average Bonchev–Trinajstić information content (AvgIpc) is 2.83. The van der Waals surface area contributed by atoms with E-state index in [0.717, 1.165) is 43.0 Å². The predicted molar refractivity (Wildman–Crippen MR) is 129 cm³/mol. The second-order valence-electron chi connectivity index (χ2n) is 8.90. The van der Waals surface area contributed by atoms with Crippen molar-refractivity contribution in [1.29, 1.82) is 0 Å². The number of aryl methyl sites for hydroxylation is 1. The van der Waals surface area contributed by atoms with Crippen LogP contribution in [0.4, 0.5) is 5.69 Å². The van der Waals surface area contributed by atoms with Crippen molar-refractivity contribution >= 4 is 21.6 Å². The zero-order chi connectivity index (χ0) is 23.3. The molecule has 2 heterocycles. The van der Waals surface area contributed by atoms with Gasteiger partial charge in [0.1, 0.15) is 0 Å². The highest BCUT2D eigenvalue weighted by atomic mass is 32.2. The molecule has 2 fully saturated rings. The van der Waals surface area contributed by atoms with Crippen LogP contribution >= 0.6 is 0 Å². The first-order chi connectivity index (χ1) is 15.9. The Balaban J connectivity index is 1.23. The van der Waals surface area contributed by atoms with Crippen LogP contribution in [0.3, 0.4) is 0 Å². The molecule has 1 N–H and O–H groups in total. The minimum absolute atomic E-state index is 0.00277. The molecule has 2 saturated heterocycles. The van der Waals surface area contributed by atoms with Crippen LogP contribution in [-0.4, -0.2) is 58.0 Å². The molecule has 2 aliphatic heterocycles. The van der Waals surface area contributed by atoms with E-state index in [1.165, 1.54) is 9.99 Å². The molecule has 0 spiro atoms. The van der Waals surface area contributed by atoms with Gasteiger partial charge in [-0.05, 0) is 43.0 Å². The Morgan fingerprint density at radius 1 is 1.00 bits per heavy atom. The van der Waals surface area contributed by atoms with Crippen molar-refractivity contribution in [3.05, 3.63) is 65.2 Å². The predicted octanol–water partition coefficient (Wildman–Crippen LogP) is 2.69. The smallest absolute Gasteiger partial charge is 0.223 e. The molecule has 0 saturated carbocycles. The van der Waals surface area contributed by atoms with Gasteiger partial charge in [0.15, 0.2) is 0 Å². The number of anilines is 1. The van der Waals surface area contributed by atoms with E-state index in [1.54, 1.807) is 0 Å². The van der Waals surface area contributed by atoms with E-state index in [4.69, 9.17) is 4.74 Å². The molecule has 0 aromatic heterocycles. The third-order valence-electron chi connectivity index (χ3n) is 6.43. The van der Waals surface area contributed by atoms with Crippen molar-refractivity contribution in [1.82, 2.24) is 9.62 Å². The first kappa shape index (κ1) is 23.7. The lowest BCUT2D eigenvalue weighted by Crippen LogP contribution is -2.43. The molecule has 7 nitrogen and oxygen atoms in total. The molecule has 0 atom stereocenters. The van der Waals surface area contributed by atoms with Gasteiger partial charge in [0.2, 0.25) is 15.9 Å². The van der Waals surface area contributed by atoms with Crippen LogP contribution in [-0.2, 0) is 31.9 Å². The van der Waals surface area contributed by atoms with E-state index in [1.807, 2.05) is 43.3 Å². The standard InChI is InChI=1S/C25H33N3O4S/c1-20-3-2-4-22(17-20)19-33(30,31)28-11-9-23(10-12-28)25(29)26-18-21-5-7-24(8-6-21)27-13-15-32-16-14-27/h2-8,17,23H,9-16,18-19H2,1H3,(H,26,29). The summed E-state index contributed by atoms with van der Waals surface area (Å²) in [5, 5.41) is 3.03. The van der Waals surface area contributed by atoms with E-state index >= 15 is 0 Å². The Morgan fingerprint density at radius 3 is 2.36 bits per heavy atom. The summed E-state index contributed by atoms with van der Waals surface area (Å²) in [7, 11) is -3.38. The normalized spacial score (nSPS) is 18.3. The number of rotatable bonds is 7. The van der Waals surface area contributed by atoms with E-state index in [0.29, 0.717) is 32.5 Å². The third-order valence-corrected chi connectivity index (χ3v) is 8.28. The zero-order valence-electron chi connectivity index (χ0n) is 19.2. The zero-order valence-corrected chi connectivity index (χ0v) is 20.0. The first-order valence-electron chi connectivity index (χ1n) is 11.6. The topological polar surface area (TPSA) is 79.0 Å². The molecule has 2 aromatic rings. The van der Waals surface area contributed by atoms with Gasteiger partial charge in [-0.2, -0.15) is 0 Å². The summed E-state index contributed by atoms with van der Waals surface area (Å²) in [5.74, 6) is -0.141. The van der Waals surface area contributed by atoms with Crippen LogP contribution in [0.1, 0.15) is 29.5 Å². The lowest BCUT2D eigenvalue weighted by Gasteiger charge is -2.30. The van der Waals surface area contributed by atoms with Crippen LogP contribution in [0.2, 0.25) is 0 Å². The highest BCUT2D eigenvalue weighted by Crippen LogP contribution is 2.23. The maximum atomic E-state index is 12.8.